The first-order valence-corrected chi connectivity index (χ1v) is 7.94. The molecule has 1 unspecified atom stereocenters. The van der Waals surface area contributed by atoms with Crippen molar-refractivity contribution >= 4 is 11.8 Å². The molecule has 1 aliphatic carbocycles. The molecule has 88 valence electrons. The Morgan fingerprint density at radius 1 is 0.733 bits per heavy atom. The normalized spacial score (nSPS) is 30.8. The average molecular weight is 227 g/mol. The summed E-state index contributed by atoms with van der Waals surface area (Å²) in [6.07, 6.45) is 13.0. The predicted molar refractivity (Wildman–Crippen MR) is 69.6 cm³/mol. The first kappa shape index (κ1) is 11.8. The van der Waals surface area contributed by atoms with Crippen LogP contribution >= 0.6 is 11.8 Å². The van der Waals surface area contributed by atoms with Crippen molar-refractivity contribution in [3.05, 3.63) is 0 Å². The van der Waals surface area contributed by atoms with Crippen LogP contribution in [0.2, 0.25) is 0 Å². The molecule has 1 saturated carbocycles. The second-order valence-corrected chi connectivity index (χ2v) is 6.27. The van der Waals surface area contributed by atoms with Gasteiger partial charge < -0.3 is 5.32 Å². The van der Waals surface area contributed by atoms with Crippen molar-refractivity contribution in [2.75, 3.05) is 11.5 Å². The van der Waals surface area contributed by atoms with Crippen LogP contribution in [0.1, 0.15) is 57.8 Å². The van der Waals surface area contributed by atoms with E-state index in [0.717, 1.165) is 12.1 Å². The van der Waals surface area contributed by atoms with E-state index in [1.165, 1.54) is 69.3 Å². The van der Waals surface area contributed by atoms with Crippen LogP contribution in [-0.2, 0) is 0 Å². The Morgan fingerprint density at radius 3 is 2.07 bits per heavy atom. The standard InChI is InChI=1S/C13H25NS/c1-2-4-7-12(8-5-3-1)14-13-9-6-10-15-11-13/h12-14H,1-11H2. The molecule has 0 aromatic rings. The molecule has 1 saturated heterocycles. The first-order valence-electron chi connectivity index (χ1n) is 6.79. The van der Waals surface area contributed by atoms with E-state index in [1.807, 2.05) is 0 Å². The van der Waals surface area contributed by atoms with Gasteiger partial charge in [-0.05, 0) is 31.4 Å². The van der Waals surface area contributed by atoms with Crippen molar-refractivity contribution in [1.29, 1.82) is 0 Å². The average Bonchev–Trinajstić information content (AvgIpc) is 2.23. The summed E-state index contributed by atoms with van der Waals surface area (Å²) in [5, 5.41) is 3.90. The maximum Gasteiger partial charge on any atom is 0.0161 e. The zero-order valence-electron chi connectivity index (χ0n) is 9.84. The lowest BCUT2D eigenvalue weighted by molar-refractivity contribution is 0.351. The maximum atomic E-state index is 3.90. The summed E-state index contributed by atoms with van der Waals surface area (Å²) in [5.74, 6) is 2.75. The molecule has 0 radical (unpaired) electrons. The molecule has 2 rings (SSSR count). The quantitative estimate of drug-likeness (QED) is 0.774. The molecule has 1 N–H and O–H groups in total. The zero-order valence-corrected chi connectivity index (χ0v) is 10.7. The monoisotopic (exact) mass is 227 g/mol. The summed E-state index contributed by atoms with van der Waals surface area (Å²) >= 11 is 2.14. The maximum absolute atomic E-state index is 3.90. The Morgan fingerprint density at radius 2 is 1.40 bits per heavy atom. The Labute approximate surface area is 98.8 Å². The van der Waals surface area contributed by atoms with Gasteiger partial charge in [-0.25, -0.2) is 0 Å². The van der Waals surface area contributed by atoms with Gasteiger partial charge in [0.1, 0.15) is 0 Å². The van der Waals surface area contributed by atoms with E-state index in [9.17, 15) is 0 Å². The third kappa shape index (κ3) is 4.36. The highest BCUT2D eigenvalue weighted by atomic mass is 32.2. The van der Waals surface area contributed by atoms with Gasteiger partial charge >= 0.3 is 0 Å². The van der Waals surface area contributed by atoms with E-state index in [0.29, 0.717) is 0 Å². The minimum absolute atomic E-state index is 0.827. The smallest absolute Gasteiger partial charge is 0.0161 e. The van der Waals surface area contributed by atoms with Crippen molar-refractivity contribution in [2.24, 2.45) is 0 Å². The van der Waals surface area contributed by atoms with Crippen LogP contribution in [-0.4, -0.2) is 23.6 Å². The van der Waals surface area contributed by atoms with Crippen LogP contribution in [0.25, 0.3) is 0 Å². The van der Waals surface area contributed by atoms with Gasteiger partial charge in [0.25, 0.3) is 0 Å². The lowest BCUT2D eigenvalue weighted by Gasteiger charge is -2.29. The minimum atomic E-state index is 0.827. The molecule has 1 heterocycles. The largest absolute Gasteiger partial charge is 0.310 e. The van der Waals surface area contributed by atoms with Gasteiger partial charge in [-0.15, -0.1) is 0 Å². The van der Waals surface area contributed by atoms with E-state index in [1.54, 1.807) is 0 Å². The van der Waals surface area contributed by atoms with E-state index in [4.69, 9.17) is 0 Å². The summed E-state index contributed by atoms with van der Waals surface area (Å²) in [7, 11) is 0. The Bertz CT molecular complexity index is 158. The van der Waals surface area contributed by atoms with Crippen LogP contribution < -0.4 is 5.32 Å². The number of nitrogens with one attached hydrogen (secondary N) is 1. The van der Waals surface area contributed by atoms with Gasteiger partial charge in [0.15, 0.2) is 0 Å². The van der Waals surface area contributed by atoms with Crippen molar-refractivity contribution < 1.29 is 0 Å². The molecule has 0 spiro atoms. The molecule has 2 fully saturated rings. The molecule has 15 heavy (non-hydrogen) atoms. The second-order valence-electron chi connectivity index (χ2n) is 5.12. The third-order valence-corrected chi connectivity index (χ3v) is 4.95. The van der Waals surface area contributed by atoms with Crippen LogP contribution in [0.15, 0.2) is 0 Å². The number of hydrogen-bond donors (Lipinski definition) is 1. The number of thioether (sulfide) groups is 1. The summed E-state index contributed by atoms with van der Waals surface area (Å²) in [4.78, 5) is 0. The molecule has 1 aliphatic heterocycles. The first-order chi connectivity index (χ1) is 7.45. The van der Waals surface area contributed by atoms with Gasteiger partial charge in [-0.3, -0.25) is 0 Å². The summed E-state index contributed by atoms with van der Waals surface area (Å²) in [5.41, 5.74) is 0. The second kappa shape index (κ2) is 6.80. The molecule has 0 amide bonds. The fourth-order valence-corrected chi connectivity index (χ4v) is 3.91. The van der Waals surface area contributed by atoms with Crippen LogP contribution in [0, 0.1) is 0 Å². The number of hydrogen-bond acceptors (Lipinski definition) is 2. The number of rotatable bonds is 2. The lowest BCUT2D eigenvalue weighted by Crippen LogP contribution is -2.41. The van der Waals surface area contributed by atoms with Gasteiger partial charge in [-0.2, -0.15) is 11.8 Å². The molecule has 0 aromatic heterocycles. The van der Waals surface area contributed by atoms with Crippen LogP contribution in [0.5, 0.6) is 0 Å². The molecule has 2 aliphatic rings. The minimum Gasteiger partial charge on any atom is -0.310 e. The molecule has 0 aromatic carbocycles. The summed E-state index contributed by atoms with van der Waals surface area (Å²) in [6, 6.07) is 1.67. The van der Waals surface area contributed by atoms with Crippen LogP contribution in [0.4, 0.5) is 0 Å². The fourth-order valence-electron chi connectivity index (χ4n) is 2.83. The summed E-state index contributed by atoms with van der Waals surface area (Å²) in [6.45, 7) is 0. The zero-order chi connectivity index (χ0) is 10.3. The van der Waals surface area contributed by atoms with E-state index >= 15 is 0 Å². The molecular formula is C13H25NS. The van der Waals surface area contributed by atoms with Gasteiger partial charge in [0, 0.05) is 17.8 Å². The highest BCUT2D eigenvalue weighted by Gasteiger charge is 2.18. The van der Waals surface area contributed by atoms with E-state index in [-0.39, 0.29) is 0 Å². The SMILES string of the molecule is C1CCCC(NC2CCCSC2)CCC1. The van der Waals surface area contributed by atoms with Crippen molar-refractivity contribution in [3.8, 4) is 0 Å². The Kier molecular flexibility index (Phi) is 5.34. The van der Waals surface area contributed by atoms with Gasteiger partial charge in [0.2, 0.25) is 0 Å². The topological polar surface area (TPSA) is 12.0 Å². The third-order valence-electron chi connectivity index (χ3n) is 3.74. The van der Waals surface area contributed by atoms with E-state index < -0.39 is 0 Å². The summed E-state index contributed by atoms with van der Waals surface area (Å²) < 4.78 is 0. The molecule has 0 bridgehead atoms. The fraction of sp³-hybridized carbons (Fsp3) is 1.00. The Hall–Kier alpha value is 0.310. The van der Waals surface area contributed by atoms with E-state index in [2.05, 4.69) is 17.1 Å². The lowest BCUT2D eigenvalue weighted by atomic mass is 9.96. The highest BCUT2D eigenvalue weighted by Crippen LogP contribution is 2.21. The molecule has 1 nitrogen and oxygen atoms in total. The van der Waals surface area contributed by atoms with Crippen LogP contribution in [0.3, 0.4) is 0 Å². The van der Waals surface area contributed by atoms with Crippen molar-refractivity contribution in [2.45, 2.75) is 69.9 Å². The van der Waals surface area contributed by atoms with Gasteiger partial charge in [-0.1, -0.05) is 32.1 Å². The van der Waals surface area contributed by atoms with Crippen molar-refractivity contribution in [1.82, 2.24) is 5.32 Å². The highest BCUT2D eigenvalue weighted by molar-refractivity contribution is 7.99. The molecule has 2 heteroatoms. The molecular weight excluding hydrogens is 202 g/mol. The van der Waals surface area contributed by atoms with Crippen molar-refractivity contribution in [3.63, 3.8) is 0 Å². The predicted octanol–water partition coefficient (Wildman–Crippen LogP) is 3.58. The van der Waals surface area contributed by atoms with Gasteiger partial charge in [0.05, 0.1) is 0 Å². The molecule has 1 atom stereocenters. The Balaban J connectivity index is 1.70.